The number of imide groups is 2. The lowest BCUT2D eigenvalue weighted by Gasteiger charge is -2.42. The van der Waals surface area contributed by atoms with Crippen LogP contribution in [0.3, 0.4) is 0 Å². The minimum atomic E-state index is -0.953. The normalized spacial score (nSPS) is 26.1. The van der Waals surface area contributed by atoms with E-state index >= 15 is 0 Å². The summed E-state index contributed by atoms with van der Waals surface area (Å²) in [5.74, 6) is -1.15. The van der Waals surface area contributed by atoms with E-state index in [1.165, 1.54) is 16.7 Å². The summed E-state index contributed by atoms with van der Waals surface area (Å²) >= 11 is 0. The molecule has 0 aromatic heterocycles. The molecule has 2 aliphatic carbocycles. The molecular weight excluding hydrogens is 736 g/mol. The van der Waals surface area contributed by atoms with Gasteiger partial charge in [0.25, 0.3) is 11.8 Å². The average molecular weight is 787 g/mol. The molecule has 4 heterocycles. The van der Waals surface area contributed by atoms with Crippen LogP contribution in [0.15, 0.2) is 84.5 Å². The number of rotatable bonds is 9. The van der Waals surface area contributed by atoms with Gasteiger partial charge in [-0.05, 0) is 154 Å². The van der Waals surface area contributed by atoms with Gasteiger partial charge < -0.3 is 19.6 Å². The molecule has 2 N–H and O–H groups in total. The summed E-state index contributed by atoms with van der Waals surface area (Å²) in [7, 11) is 0. The molecule has 11 heteroatoms. The van der Waals surface area contributed by atoms with E-state index in [0.717, 1.165) is 93.7 Å². The second-order valence-corrected chi connectivity index (χ2v) is 16.9. The first kappa shape index (κ1) is 38.5. The Morgan fingerprint density at radius 3 is 2.29 bits per heavy atom. The fraction of sp³-hybridized carbons (Fsp3) is 0.447. The van der Waals surface area contributed by atoms with Gasteiger partial charge in [-0.3, -0.25) is 29.4 Å². The van der Waals surface area contributed by atoms with Crippen molar-refractivity contribution in [3.05, 3.63) is 124 Å². The van der Waals surface area contributed by atoms with Crippen molar-refractivity contribution in [2.75, 3.05) is 39.3 Å². The lowest BCUT2D eigenvalue weighted by atomic mass is 9.68. The lowest BCUT2D eigenvalue weighted by molar-refractivity contribution is -0.136. The second-order valence-electron chi connectivity index (χ2n) is 16.9. The highest BCUT2D eigenvalue weighted by Gasteiger charge is 2.45. The summed E-state index contributed by atoms with van der Waals surface area (Å²) in [6, 6.07) is 17.8. The van der Waals surface area contributed by atoms with E-state index in [1.54, 1.807) is 24.3 Å². The van der Waals surface area contributed by atoms with Crippen molar-refractivity contribution >= 4 is 23.6 Å². The number of phenols is 1. The maximum Gasteiger partial charge on any atom is 0.262 e. The summed E-state index contributed by atoms with van der Waals surface area (Å²) in [4.78, 5) is 56.8. The number of carbonyl (C=O) groups is 4. The molecule has 4 amide bonds. The number of phenolic OH excluding ortho intramolecular Hbond substituents is 1. The Labute approximate surface area is 338 Å². The molecular formula is C47H51FN4O6. The number of aryl methyl sites for hydroxylation is 1. The molecule has 6 aliphatic rings. The Hall–Kier alpha value is -4.97. The van der Waals surface area contributed by atoms with Gasteiger partial charge in [-0.2, -0.15) is 0 Å². The van der Waals surface area contributed by atoms with Crippen LogP contribution in [0, 0.1) is 5.82 Å². The summed E-state index contributed by atoms with van der Waals surface area (Å²) < 4.78 is 20.2. The van der Waals surface area contributed by atoms with E-state index in [1.807, 2.05) is 30.3 Å². The topological polar surface area (TPSA) is 119 Å². The largest absolute Gasteiger partial charge is 0.508 e. The number of carbonyl (C=O) groups excluding carboxylic acids is 4. The number of likely N-dealkylation sites (tertiary alicyclic amines) is 2. The van der Waals surface area contributed by atoms with E-state index < -0.39 is 23.8 Å². The molecule has 4 atom stereocenters. The van der Waals surface area contributed by atoms with Crippen LogP contribution in [0.1, 0.15) is 112 Å². The monoisotopic (exact) mass is 786 g/mol. The van der Waals surface area contributed by atoms with Crippen LogP contribution in [0.4, 0.5) is 4.39 Å². The number of amides is 4. The quantitative estimate of drug-likeness (QED) is 0.241. The van der Waals surface area contributed by atoms with Gasteiger partial charge in [0.05, 0.1) is 23.8 Å². The molecule has 4 aliphatic heterocycles. The van der Waals surface area contributed by atoms with Gasteiger partial charge in [0.15, 0.2) is 0 Å². The first-order valence-corrected chi connectivity index (χ1v) is 21.1. The van der Waals surface area contributed by atoms with Gasteiger partial charge in [-0.1, -0.05) is 42.5 Å². The summed E-state index contributed by atoms with van der Waals surface area (Å²) in [5.41, 5.74) is 6.56. The summed E-state index contributed by atoms with van der Waals surface area (Å²) in [6.45, 7) is 5.66. The first-order valence-electron chi connectivity index (χ1n) is 21.1. The van der Waals surface area contributed by atoms with Crippen LogP contribution in [0.5, 0.6) is 5.75 Å². The molecule has 3 saturated heterocycles. The van der Waals surface area contributed by atoms with Gasteiger partial charge >= 0.3 is 0 Å². The van der Waals surface area contributed by atoms with Gasteiger partial charge in [0.1, 0.15) is 17.6 Å². The van der Waals surface area contributed by atoms with Gasteiger partial charge in [-0.25, -0.2) is 4.39 Å². The van der Waals surface area contributed by atoms with E-state index in [-0.39, 0.29) is 42.5 Å². The fourth-order valence-corrected chi connectivity index (χ4v) is 10.4. The number of hydrogen-bond acceptors (Lipinski definition) is 8. The van der Waals surface area contributed by atoms with Gasteiger partial charge in [0.2, 0.25) is 11.8 Å². The van der Waals surface area contributed by atoms with Crippen molar-refractivity contribution in [1.82, 2.24) is 20.0 Å². The molecule has 302 valence electrons. The molecule has 10 nitrogen and oxygen atoms in total. The van der Waals surface area contributed by atoms with Crippen LogP contribution in [0.25, 0.3) is 0 Å². The lowest BCUT2D eigenvalue weighted by Crippen LogP contribution is -2.54. The Balaban J connectivity index is 0.727. The SMILES string of the molecule is O=C1CCC(N2C(=O)c3ccc(C4CCN(C5CCN(CCOC6C=CC([C@@H]7c8ccc(O)cc8CC[C@@H]7c7ccc(F)cc7)=CC6)CC5)CC4)cc3C2=O)C(=O)N1. The van der Waals surface area contributed by atoms with E-state index in [0.29, 0.717) is 35.4 Å². The standard InChI is InChI=1S/C47H51FN4O6/c48-34-7-1-30(2-8-34)38-12-6-33-27-36(53)9-14-39(33)44(38)31-3-10-37(11-4-31)58-26-25-50-21-19-35(20-22-50)51-23-17-29(18-24-51)32-5-13-40-41(28-32)47(57)52(46(40)56)42-15-16-43(54)49-45(42)55/h1-5,7-10,13-14,27-29,35,37-38,42,44,53H,6,11-12,15-26H2,(H,49,54,55)/t37?,38-,42?,44+/m1/s1. The maximum absolute atomic E-state index is 13.8. The third-order valence-corrected chi connectivity index (χ3v) is 13.6. The second kappa shape index (κ2) is 16.4. The molecule has 0 saturated carbocycles. The number of benzene rings is 3. The van der Waals surface area contributed by atoms with Gasteiger partial charge in [-0.15, -0.1) is 0 Å². The number of halogens is 1. The zero-order chi connectivity index (χ0) is 39.9. The Bertz CT molecular complexity index is 2150. The molecule has 9 rings (SSSR count). The third-order valence-electron chi connectivity index (χ3n) is 13.6. The summed E-state index contributed by atoms with van der Waals surface area (Å²) in [5, 5.41) is 12.4. The molecule has 3 fully saturated rings. The van der Waals surface area contributed by atoms with E-state index in [4.69, 9.17) is 4.74 Å². The number of allylic oxidation sites excluding steroid dienone is 2. The number of nitrogens with one attached hydrogen (secondary N) is 1. The summed E-state index contributed by atoms with van der Waals surface area (Å²) in [6.07, 6.45) is 13.9. The molecule has 2 unspecified atom stereocenters. The molecule has 0 bridgehead atoms. The van der Waals surface area contributed by atoms with Crippen molar-refractivity contribution < 1.29 is 33.4 Å². The molecule has 3 aromatic rings. The molecule has 0 radical (unpaired) electrons. The molecule has 0 spiro atoms. The van der Waals surface area contributed by atoms with Crippen LogP contribution >= 0.6 is 0 Å². The van der Waals surface area contributed by atoms with Crippen LogP contribution < -0.4 is 5.32 Å². The highest BCUT2D eigenvalue weighted by Crippen LogP contribution is 2.48. The van der Waals surface area contributed by atoms with Crippen molar-refractivity contribution in [2.24, 2.45) is 0 Å². The number of hydrogen-bond donors (Lipinski definition) is 2. The predicted molar refractivity (Wildman–Crippen MR) is 216 cm³/mol. The Kier molecular flexibility index (Phi) is 10.9. The zero-order valence-electron chi connectivity index (χ0n) is 32.8. The Morgan fingerprint density at radius 1 is 0.793 bits per heavy atom. The third kappa shape index (κ3) is 7.67. The molecule has 3 aromatic carbocycles. The van der Waals surface area contributed by atoms with Crippen molar-refractivity contribution in [3.8, 4) is 5.75 Å². The minimum Gasteiger partial charge on any atom is -0.508 e. The van der Waals surface area contributed by atoms with Crippen molar-refractivity contribution in [3.63, 3.8) is 0 Å². The van der Waals surface area contributed by atoms with Crippen LogP contribution in [-0.2, 0) is 20.7 Å². The van der Waals surface area contributed by atoms with Crippen molar-refractivity contribution in [2.45, 2.75) is 93.7 Å². The number of ether oxygens (including phenoxy) is 1. The first-order chi connectivity index (χ1) is 28.2. The molecule has 58 heavy (non-hydrogen) atoms. The highest BCUT2D eigenvalue weighted by molar-refractivity contribution is 6.23. The van der Waals surface area contributed by atoms with E-state index in [9.17, 15) is 28.7 Å². The highest BCUT2D eigenvalue weighted by atomic mass is 19.1. The Morgan fingerprint density at radius 2 is 1.55 bits per heavy atom. The van der Waals surface area contributed by atoms with Crippen molar-refractivity contribution in [1.29, 1.82) is 0 Å². The maximum atomic E-state index is 13.8. The number of piperidine rings is 3. The van der Waals surface area contributed by atoms with Crippen LogP contribution in [0.2, 0.25) is 0 Å². The average Bonchev–Trinajstić information content (AvgIpc) is 3.49. The smallest absolute Gasteiger partial charge is 0.262 e. The van der Waals surface area contributed by atoms with Gasteiger partial charge in [0, 0.05) is 24.9 Å². The van der Waals surface area contributed by atoms with E-state index in [2.05, 4.69) is 39.4 Å². The predicted octanol–water partition coefficient (Wildman–Crippen LogP) is 6.36. The fourth-order valence-electron chi connectivity index (χ4n) is 10.4. The number of fused-ring (bicyclic) bond motifs is 2. The van der Waals surface area contributed by atoms with Crippen LogP contribution in [-0.4, -0.2) is 101 Å². The zero-order valence-corrected chi connectivity index (χ0v) is 32.8. The number of aromatic hydroxyl groups is 1. The minimum absolute atomic E-state index is 0.0308. The number of nitrogens with zero attached hydrogens (tertiary/aromatic N) is 3.